The maximum absolute atomic E-state index is 9.73. The van der Waals surface area contributed by atoms with Crippen LogP contribution in [0.1, 0.15) is 29.2 Å². The summed E-state index contributed by atoms with van der Waals surface area (Å²) < 4.78 is 5.76. The van der Waals surface area contributed by atoms with E-state index in [1.165, 1.54) is 11.1 Å². The van der Waals surface area contributed by atoms with Crippen LogP contribution in [0, 0.1) is 0 Å². The van der Waals surface area contributed by atoms with Crippen molar-refractivity contribution in [1.82, 2.24) is 0 Å². The normalized spacial score (nSPS) is 17.7. The molecule has 2 aromatic rings. The Kier molecular flexibility index (Phi) is 3.35. The van der Waals surface area contributed by atoms with Crippen molar-refractivity contribution >= 4 is 11.3 Å². The van der Waals surface area contributed by atoms with Crippen LogP contribution in [0.2, 0.25) is 0 Å². The van der Waals surface area contributed by atoms with E-state index in [-0.39, 0.29) is 6.10 Å². The Balaban J connectivity index is 1.60. The molecule has 1 aromatic carbocycles. The largest absolute Gasteiger partial charge is 0.493 e. The molecule has 2 nitrogen and oxygen atoms in total. The summed E-state index contributed by atoms with van der Waals surface area (Å²) in [5.74, 6) is 0.915. The lowest BCUT2D eigenvalue weighted by Gasteiger charge is -2.08. The first-order chi connectivity index (χ1) is 8.83. The van der Waals surface area contributed by atoms with Gasteiger partial charge in [-0.05, 0) is 58.5 Å². The van der Waals surface area contributed by atoms with Gasteiger partial charge in [0, 0.05) is 6.42 Å². The maximum atomic E-state index is 9.73. The number of aliphatic hydroxyl groups is 1. The molecule has 1 heterocycles. The average Bonchev–Trinajstić information content (AvgIpc) is 3.00. The Bertz CT molecular complexity index is 519. The van der Waals surface area contributed by atoms with Gasteiger partial charge in [0.25, 0.3) is 0 Å². The molecule has 0 radical (unpaired) electrons. The molecule has 0 bridgehead atoms. The van der Waals surface area contributed by atoms with Gasteiger partial charge >= 0.3 is 0 Å². The van der Waals surface area contributed by atoms with Crippen LogP contribution in [0.3, 0.4) is 0 Å². The Morgan fingerprint density at radius 1 is 1.33 bits per heavy atom. The summed E-state index contributed by atoms with van der Waals surface area (Å²) in [6.07, 6.45) is 2.47. The van der Waals surface area contributed by atoms with Gasteiger partial charge in [0.2, 0.25) is 0 Å². The highest BCUT2D eigenvalue weighted by Gasteiger charge is 2.20. The van der Waals surface area contributed by atoms with Crippen molar-refractivity contribution in [3.8, 4) is 5.75 Å². The van der Waals surface area contributed by atoms with Crippen LogP contribution in [0.5, 0.6) is 5.75 Å². The van der Waals surface area contributed by atoms with Crippen LogP contribution >= 0.6 is 11.3 Å². The second-order valence-corrected chi connectivity index (χ2v) is 5.43. The van der Waals surface area contributed by atoms with E-state index in [1.807, 2.05) is 12.1 Å². The number of thiophene rings is 1. The molecule has 1 N–H and O–H groups in total. The molecule has 0 saturated heterocycles. The molecule has 0 amide bonds. The summed E-state index contributed by atoms with van der Waals surface area (Å²) in [6, 6.07) is 8.15. The maximum Gasteiger partial charge on any atom is 0.119 e. The zero-order chi connectivity index (χ0) is 12.4. The molecule has 0 aliphatic heterocycles. The predicted octanol–water partition coefficient (Wildman–Crippen LogP) is 3.35. The van der Waals surface area contributed by atoms with Gasteiger partial charge in [-0.25, -0.2) is 0 Å². The summed E-state index contributed by atoms with van der Waals surface area (Å²) in [5.41, 5.74) is 3.63. The molecule has 3 heteroatoms. The molecule has 1 atom stereocenters. The van der Waals surface area contributed by atoms with Crippen LogP contribution in [0.25, 0.3) is 0 Å². The van der Waals surface area contributed by atoms with Crippen molar-refractivity contribution in [2.45, 2.75) is 25.4 Å². The van der Waals surface area contributed by atoms with E-state index in [2.05, 4.69) is 22.9 Å². The monoisotopic (exact) mass is 260 g/mol. The summed E-state index contributed by atoms with van der Waals surface area (Å²) in [7, 11) is 0. The molecule has 18 heavy (non-hydrogen) atoms. The fourth-order valence-electron chi connectivity index (χ4n) is 2.38. The van der Waals surface area contributed by atoms with E-state index in [0.29, 0.717) is 6.61 Å². The van der Waals surface area contributed by atoms with E-state index in [4.69, 9.17) is 4.74 Å². The SMILES string of the molecule is O[C@H]1CCc2cc(OCCc3ccsc3)ccc21. The third-order valence-electron chi connectivity index (χ3n) is 3.40. The predicted molar refractivity (Wildman–Crippen MR) is 73.2 cm³/mol. The van der Waals surface area contributed by atoms with E-state index in [9.17, 15) is 5.11 Å². The average molecular weight is 260 g/mol. The molecule has 1 aromatic heterocycles. The van der Waals surface area contributed by atoms with Crippen LogP contribution in [-0.2, 0) is 12.8 Å². The van der Waals surface area contributed by atoms with Gasteiger partial charge in [-0.3, -0.25) is 0 Å². The number of benzene rings is 1. The summed E-state index contributed by atoms with van der Waals surface area (Å²) >= 11 is 1.72. The minimum atomic E-state index is -0.278. The molecule has 0 fully saturated rings. The standard InChI is InChI=1S/C15H16O2S/c16-15-4-1-12-9-13(2-3-14(12)15)17-7-5-11-6-8-18-10-11/h2-3,6,8-10,15-16H,1,4-5,7H2/t15-/m0/s1. The fourth-order valence-corrected chi connectivity index (χ4v) is 3.09. The lowest BCUT2D eigenvalue weighted by Crippen LogP contribution is -2.01. The van der Waals surface area contributed by atoms with Gasteiger partial charge in [0.15, 0.2) is 0 Å². The van der Waals surface area contributed by atoms with Crippen molar-refractivity contribution in [3.63, 3.8) is 0 Å². The Morgan fingerprint density at radius 3 is 3.11 bits per heavy atom. The van der Waals surface area contributed by atoms with Crippen molar-refractivity contribution in [1.29, 1.82) is 0 Å². The third-order valence-corrected chi connectivity index (χ3v) is 4.13. The molecule has 0 spiro atoms. The van der Waals surface area contributed by atoms with Crippen molar-refractivity contribution in [2.24, 2.45) is 0 Å². The Hall–Kier alpha value is -1.32. The molecule has 0 saturated carbocycles. The fraction of sp³-hybridized carbons (Fsp3) is 0.333. The molecule has 0 unspecified atom stereocenters. The minimum Gasteiger partial charge on any atom is -0.493 e. The zero-order valence-electron chi connectivity index (χ0n) is 10.1. The van der Waals surface area contributed by atoms with Crippen LogP contribution in [-0.4, -0.2) is 11.7 Å². The van der Waals surface area contributed by atoms with Gasteiger partial charge in [0.1, 0.15) is 5.75 Å². The second-order valence-electron chi connectivity index (χ2n) is 4.65. The molecule has 1 aliphatic rings. The Labute approximate surface area is 111 Å². The minimum absolute atomic E-state index is 0.278. The lowest BCUT2D eigenvalue weighted by molar-refractivity contribution is 0.180. The van der Waals surface area contributed by atoms with Crippen LogP contribution in [0.15, 0.2) is 35.0 Å². The van der Waals surface area contributed by atoms with Gasteiger partial charge in [-0.2, -0.15) is 11.3 Å². The number of aryl methyl sites for hydroxylation is 1. The van der Waals surface area contributed by atoms with Crippen molar-refractivity contribution in [3.05, 3.63) is 51.7 Å². The van der Waals surface area contributed by atoms with Gasteiger partial charge < -0.3 is 9.84 Å². The van der Waals surface area contributed by atoms with Gasteiger partial charge in [-0.15, -0.1) is 0 Å². The first kappa shape index (κ1) is 11.8. The van der Waals surface area contributed by atoms with E-state index in [1.54, 1.807) is 11.3 Å². The highest BCUT2D eigenvalue weighted by molar-refractivity contribution is 7.07. The van der Waals surface area contributed by atoms with Crippen LogP contribution in [0.4, 0.5) is 0 Å². The molecule has 1 aliphatic carbocycles. The topological polar surface area (TPSA) is 29.5 Å². The summed E-state index contributed by atoms with van der Waals surface area (Å²) in [6.45, 7) is 0.706. The first-order valence-corrected chi connectivity index (χ1v) is 7.22. The first-order valence-electron chi connectivity index (χ1n) is 6.28. The zero-order valence-corrected chi connectivity index (χ0v) is 11.0. The van der Waals surface area contributed by atoms with Gasteiger partial charge in [0.05, 0.1) is 12.7 Å². The molecular formula is C15H16O2S. The molecule has 3 rings (SSSR count). The van der Waals surface area contributed by atoms with E-state index < -0.39 is 0 Å². The molecular weight excluding hydrogens is 244 g/mol. The van der Waals surface area contributed by atoms with E-state index in [0.717, 1.165) is 30.6 Å². The van der Waals surface area contributed by atoms with Crippen molar-refractivity contribution in [2.75, 3.05) is 6.61 Å². The highest BCUT2D eigenvalue weighted by atomic mass is 32.1. The number of aliphatic hydroxyl groups excluding tert-OH is 1. The lowest BCUT2D eigenvalue weighted by atomic mass is 10.1. The number of fused-ring (bicyclic) bond motifs is 1. The summed E-state index contributed by atoms with van der Waals surface area (Å²) in [4.78, 5) is 0. The smallest absolute Gasteiger partial charge is 0.119 e. The number of hydrogen-bond donors (Lipinski definition) is 1. The quantitative estimate of drug-likeness (QED) is 0.913. The third kappa shape index (κ3) is 2.42. The summed E-state index contributed by atoms with van der Waals surface area (Å²) in [5, 5.41) is 14.0. The van der Waals surface area contributed by atoms with Crippen LogP contribution < -0.4 is 4.74 Å². The Morgan fingerprint density at radius 2 is 2.28 bits per heavy atom. The second kappa shape index (κ2) is 5.12. The number of ether oxygens (including phenoxy) is 1. The highest BCUT2D eigenvalue weighted by Crippen LogP contribution is 2.33. The number of rotatable bonds is 4. The van der Waals surface area contributed by atoms with Gasteiger partial charge in [-0.1, -0.05) is 6.07 Å². The molecule has 94 valence electrons. The number of hydrogen-bond acceptors (Lipinski definition) is 3. The van der Waals surface area contributed by atoms with E-state index >= 15 is 0 Å². The van der Waals surface area contributed by atoms with Crippen molar-refractivity contribution < 1.29 is 9.84 Å².